The zero-order valence-electron chi connectivity index (χ0n) is 11.2. The third kappa shape index (κ3) is 5.73. The van der Waals surface area contributed by atoms with Crippen LogP contribution in [0, 0.1) is 0 Å². The van der Waals surface area contributed by atoms with Gasteiger partial charge in [0.1, 0.15) is 0 Å². The smallest absolute Gasteiger partial charge is 0.208 e. The molecule has 0 amide bonds. The molecule has 1 aromatic rings. The van der Waals surface area contributed by atoms with E-state index < -0.39 is 10.0 Å². The molecule has 0 aliphatic heterocycles. The molecule has 6 heteroatoms. The maximum atomic E-state index is 12.1. The van der Waals surface area contributed by atoms with Crippen molar-refractivity contribution < 1.29 is 8.42 Å². The van der Waals surface area contributed by atoms with Gasteiger partial charge in [-0.3, -0.25) is 0 Å². The van der Waals surface area contributed by atoms with Crippen molar-refractivity contribution in [1.29, 1.82) is 0 Å². The van der Waals surface area contributed by atoms with Crippen molar-refractivity contribution in [3.63, 3.8) is 0 Å². The van der Waals surface area contributed by atoms with Gasteiger partial charge in [0, 0.05) is 17.7 Å². The Hall–Kier alpha value is -0.230. The molecule has 3 nitrogen and oxygen atoms in total. The van der Waals surface area contributed by atoms with Crippen LogP contribution in [-0.2, 0) is 16.4 Å². The van der Waals surface area contributed by atoms with Crippen LogP contribution in [0.3, 0.4) is 0 Å². The summed E-state index contributed by atoms with van der Waals surface area (Å²) in [4.78, 5) is 0.305. The number of rotatable bonds is 8. The zero-order valence-corrected chi connectivity index (χ0v) is 13.6. The molecule has 108 valence electrons. The van der Waals surface area contributed by atoms with Gasteiger partial charge in [-0.1, -0.05) is 19.1 Å². The highest BCUT2D eigenvalue weighted by Crippen LogP contribution is 2.13. The Kier molecular flexibility index (Phi) is 7.21. The number of thioether (sulfide) groups is 1. The fourth-order valence-corrected chi connectivity index (χ4v) is 3.85. The second kappa shape index (κ2) is 8.15. The van der Waals surface area contributed by atoms with Crippen molar-refractivity contribution in [3.05, 3.63) is 29.8 Å². The maximum Gasteiger partial charge on any atom is 0.240 e. The van der Waals surface area contributed by atoms with E-state index in [2.05, 4.69) is 11.6 Å². The third-order valence-electron chi connectivity index (χ3n) is 2.55. The van der Waals surface area contributed by atoms with Crippen molar-refractivity contribution in [3.8, 4) is 0 Å². The van der Waals surface area contributed by atoms with Crippen LogP contribution in [0.1, 0.15) is 19.4 Å². The fraction of sp³-hybridized carbons (Fsp3) is 0.538. The van der Waals surface area contributed by atoms with Gasteiger partial charge in [-0.15, -0.1) is 11.6 Å². The Balaban J connectivity index is 2.71. The highest BCUT2D eigenvalue weighted by atomic mass is 35.5. The van der Waals surface area contributed by atoms with Crippen LogP contribution in [0.5, 0.6) is 0 Å². The van der Waals surface area contributed by atoms with Gasteiger partial charge in [-0.25, -0.2) is 13.1 Å². The maximum absolute atomic E-state index is 12.1. The molecule has 0 aliphatic carbocycles. The number of alkyl halides is 1. The van der Waals surface area contributed by atoms with Gasteiger partial charge < -0.3 is 0 Å². The standard InChI is InChI=1S/C13H20ClNO2S2/c1-3-18-10-11(2)15-19(16,17)13-6-4-12(5-7-13)8-9-14/h4-7,11,15H,3,8-10H2,1-2H3. The van der Waals surface area contributed by atoms with Crippen LogP contribution in [0.4, 0.5) is 0 Å². The van der Waals surface area contributed by atoms with Crippen molar-refractivity contribution in [2.45, 2.75) is 31.2 Å². The van der Waals surface area contributed by atoms with E-state index in [-0.39, 0.29) is 6.04 Å². The van der Waals surface area contributed by atoms with E-state index >= 15 is 0 Å². The molecule has 0 radical (unpaired) electrons. The van der Waals surface area contributed by atoms with Crippen LogP contribution >= 0.6 is 23.4 Å². The molecule has 0 bridgehead atoms. The lowest BCUT2D eigenvalue weighted by Gasteiger charge is -2.13. The lowest BCUT2D eigenvalue weighted by molar-refractivity contribution is 0.571. The molecule has 1 unspecified atom stereocenters. The van der Waals surface area contributed by atoms with Crippen molar-refractivity contribution in [2.24, 2.45) is 0 Å². The monoisotopic (exact) mass is 321 g/mol. The largest absolute Gasteiger partial charge is 0.240 e. The first-order valence-electron chi connectivity index (χ1n) is 6.24. The summed E-state index contributed by atoms with van der Waals surface area (Å²) in [7, 11) is -3.42. The lowest BCUT2D eigenvalue weighted by Crippen LogP contribution is -2.34. The highest BCUT2D eigenvalue weighted by molar-refractivity contribution is 7.99. The number of sulfonamides is 1. The summed E-state index contributed by atoms with van der Waals surface area (Å²) in [5, 5.41) is 0. The molecule has 0 aliphatic rings. The zero-order chi connectivity index (χ0) is 14.3. The van der Waals surface area contributed by atoms with Gasteiger partial charge in [-0.2, -0.15) is 11.8 Å². The molecule has 1 aromatic carbocycles. The second-order valence-electron chi connectivity index (χ2n) is 4.26. The molecule has 0 spiro atoms. The van der Waals surface area contributed by atoms with Gasteiger partial charge >= 0.3 is 0 Å². The van der Waals surface area contributed by atoms with Crippen molar-refractivity contribution >= 4 is 33.4 Å². The van der Waals surface area contributed by atoms with E-state index in [1.165, 1.54) is 0 Å². The molecule has 0 aromatic heterocycles. The first-order chi connectivity index (χ1) is 8.99. The molecule has 0 saturated heterocycles. The van der Waals surface area contributed by atoms with E-state index in [0.29, 0.717) is 10.8 Å². The summed E-state index contributed by atoms with van der Waals surface area (Å²) in [6.07, 6.45) is 0.749. The molecule has 0 fully saturated rings. The summed E-state index contributed by atoms with van der Waals surface area (Å²) < 4.78 is 26.9. The minimum absolute atomic E-state index is 0.0718. The van der Waals surface area contributed by atoms with Gasteiger partial charge in [0.15, 0.2) is 0 Å². The van der Waals surface area contributed by atoms with Gasteiger partial charge in [0.2, 0.25) is 10.0 Å². The number of benzene rings is 1. The Morgan fingerprint density at radius 2 is 1.95 bits per heavy atom. The Bertz CT molecular complexity index is 474. The number of aryl methyl sites for hydroxylation is 1. The number of hydrogen-bond acceptors (Lipinski definition) is 3. The van der Waals surface area contributed by atoms with Gasteiger partial charge in [0.25, 0.3) is 0 Å². The van der Waals surface area contributed by atoms with Crippen LogP contribution in [0.15, 0.2) is 29.2 Å². The molecule has 0 saturated carbocycles. The molecule has 0 heterocycles. The topological polar surface area (TPSA) is 46.2 Å². The van der Waals surface area contributed by atoms with Gasteiger partial charge in [0.05, 0.1) is 4.90 Å². The van der Waals surface area contributed by atoms with E-state index in [1.807, 2.05) is 19.1 Å². The SMILES string of the molecule is CCSCC(C)NS(=O)(=O)c1ccc(CCCl)cc1. The predicted octanol–water partition coefficient (Wildman–Crippen LogP) is 2.89. The number of nitrogens with one attached hydrogen (secondary N) is 1. The van der Waals surface area contributed by atoms with E-state index in [4.69, 9.17) is 11.6 Å². The fourth-order valence-electron chi connectivity index (χ4n) is 1.61. The first-order valence-corrected chi connectivity index (χ1v) is 9.41. The Labute approximate surface area is 125 Å². The van der Waals surface area contributed by atoms with Crippen molar-refractivity contribution in [1.82, 2.24) is 4.72 Å². The molecular weight excluding hydrogens is 302 g/mol. The minimum Gasteiger partial charge on any atom is -0.208 e. The first kappa shape index (κ1) is 16.8. The summed E-state index contributed by atoms with van der Waals surface area (Å²) in [5.41, 5.74) is 1.04. The summed E-state index contributed by atoms with van der Waals surface area (Å²) in [6.45, 7) is 3.93. The molecule has 1 N–H and O–H groups in total. The van der Waals surface area contributed by atoms with Gasteiger partial charge in [-0.05, 0) is 36.8 Å². The molecular formula is C13H20ClNO2S2. The van der Waals surface area contributed by atoms with Crippen molar-refractivity contribution in [2.75, 3.05) is 17.4 Å². The van der Waals surface area contributed by atoms with Crippen LogP contribution in [-0.4, -0.2) is 31.8 Å². The highest BCUT2D eigenvalue weighted by Gasteiger charge is 2.16. The van der Waals surface area contributed by atoms with E-state index in [1.54, 1.807) is 23.9 Å². The van der Waals surface area contributed by atoms with Crippen LogP contribution in [0.25, 0.3) is 0 Å². The number of halogens is 1. The molecule has 1 atom stereocenters. The summed E-state index contributed by atoms with van der Waals surface area (Å²) in [6, 6.07) is 6.80. The third-order valence-corrected chi connectivity index (χ3v) is 5.48. The summed E-state index contributed by atoms with van der Waals surface area (Å²) in [5.74, 6) is 2.30. The lowest BCUT2D eigenvalue weighted by atomic mass is 10.2. The second-order valence-corrected chi connectivity index (χ2v) is 7.68. The van der Waals surface area contributed by atoms with E-state index in [9.17, 15) is 8.42 Å². The quantitative estimate of drug-likeness (QED) is 0.749. The summed E-state index contributed by atoms with van der Waals surface area (Å²) >= 11 is 7.37. The normalized spacial score (nSPS) is 13.4. The van der Waals surface area contributed by atoms with E-state index in [0.717, 1.165) is 23.5 Å². The predicted molar refractivity (Wildman–Crippen MR) is 83.6 cm³/mol. The average Bonchev–Trinajstić information content (AvgIpc) is 2.37. The minimum atomic E-state index is -3.42. The number of hydrogen-bond donors (Lipinski definition) is 1. The average molecular weight is 322 g/mol. The Morgan fingerprint density at radius 1 is 1.32 bits per heavy atom. The molecule has 1 rings (SSSR count). The Morgan fingerprint density at radius 3 is 2.47 bits per heavy atom. The molecule has 19 heavy (non-hydrogen) atoms. The van der Waals surface area contributed by atoms with Crippen LogP contribution in [0.2, 0.25) is 0 Å². The van der Waals surface area contributed by atoms with Crippen LogP contribution < -0.4 is 4.72 Å².